The molecule has 2 heterocycles. The molecule has 0 aliphatic rings. The van der Waals surface area contributed by atoms with Crippen LogP contribution >= 0.6 is 0 Å². The molecule has 6 nitrogen and oxygen atoms in total. The average Bonchev–Trinajstić information content (AvgIpc) is 3.13. The summed E-state index contributed by atoms with van der Waals surface area (Å²) in [6.07, 6.45) is -1.04. The molecule has 0 aliphatic heterocycles. The maximum Gasteiger partial charge on any atom is 0.408 e. The van der Waals surface area contributed by atoms with Crippen LogP contribution in [0.1, 0.15) is 42.6 Å². The number of ether oxygens (including phenoxy) is 1. The first-order chi connectivity index (χ1) is 15.2. The number of nitrogens with zero attached hydrogens (tertiary/aromatic N) is 4. The van der Waals surface area contributed by atoms with Gasteiger partial charge in [0.1, 0.15) is 6.54 Å². The summed E-state index contributed by atoms with van der Waals surface area (Å²) in [4.78, 5) is 19.2. The number of pyridine rings is 1. The van der Waals surface area contributed by atoms with Crippen LogP contribution in [-0.2, 0) is 17.8 Å². The van der Waals surface area contributed by atoms with E-state index < -0.39 is 18.7 Å². The molecule has 9 heteroatoms. The van der Waals surface area contributed by atoms with Gasteiger partial charge >= 0.3 is 12.1 Å². The van der Waals surface area contributed by atoms with Gasteiger partial charge in [-0.3, -0.25) is 0 Å². The van der Waals surface area contributed by atoms with Gasteiger partial charge in [-0.15, -0.1) is 0 Å². The highest BCUT2D eigenvalue weighted by Crippen LogP contribution is 2.28. The Bertz CT molecular complexity index is 1080. The summed E-state index contributed by atoms with van der Waals surface area (Å²) in [5.41, 5.74) is 2.28. The zero-order chi connectivity index (χ0) is 23.3. The van der Waals surface area contributed by atoms with Crippen LogP contribution in [0.4, 0.5) is 13.2 Å². The molecule has 0 amide bonds. The average molecular weight is 448 g/mol. The number of rotatable bonds is 9. The van der Waals surface area contributed by atoms with Crippen molar-refractivity contribution in [3.63, 3.8) is 0 Å². The summed E-state index contributed by atoms with van der Waals surface area (Å²) in [5.74, 6) is -0.622. The molecular weight excluding hydrogens is 421 g/mol. The van der Waals surface area contributed by atoms with Crippen LogP contribution in [0, 0.1) is 0 Å². The van der Waals surface area contributed by atoms with E-state index in [9.17, 15) is 18.0 Å². The van der Waals surface area contributed by atoms with Gasteiger partial charge in [-0.2, -0.15) is 18.3 Å². The molecule has 0 bridgehead atoms. The first-order valence-electron chi connectivity index (χ1n) is 10.6. The smallest absolute Gasteiger partial charge is 0.408 e. The lowest BCUT2D eigenvalue weighted by Crippen LogP contribution is -2.19. The van der Waals surface area contributed by atoms with E-state index in [-0.39, 0.29) is 23.2 Å². The molecule has 0 aliphatic carbocycles. The van der Waals surface area contributed by atoms with Gasteiger partial charge in [-0.25, -0.2) is 14.5 Å². The second-order valence-corrected chi connectivity index (χ2v) is 7.72. The van der Waals surface area contributed by atoms with E-state index in [1.54, 1.807) is 13.0 Å². The number of halogens is 3. The molecule has 3 rings (SSSR count). The number of carbonyl (C=O) groups is 1. The molecule has 0 unspecified atom stereocenters. The van der Waals surface area contributed by atoms with Gasteiger partial charge in [0.25, 0.3) is 0 Å². The Hall–Kier alpha value is -2.94. The number of esters is 1. The highest BCUT2D eigenvalue weighted by atomic mass is 19.4. The van der Waals surface area contributed by atoms with Gasteiger partial charge < -0.3 is 9.64 Å². The fourth-order valence-corrected chi connectivity index (χ4v) is 3.51. The summed E-state index contributed by atoms with van der Waals surface area (Å²) in [6.45, 7) is 4.36. The van der Waals surface area contributed by atoms with Crippen LogP contribution in [0.5, 0.6) is 0 Å². The van der Waals surface area contributed by atoms with Crippen molar-refractivity contribution >= 4 is 17.0 Å². The van der Waals surface area contributed by atoms with E-state index >= 15 is 0 Å². The number of carbonyl (C=O) groups excluding carboxylic acids is 1. The number of hydrogen-bond acceptors (Lipinski definition) is 5. The van der Waals surface area contributed by atoms with Crippen LogP contribution in [0.15, 0.2) is 36.5 Å². The number of fused-ring (bicyclic) bond motifs is 1. The summed E-state index contributed by atoms with van der Waals surface area (Å²) in [7, 11) is 2.04. The van der Waals surface area contributed by atoms with Crippen molar-refractivity contribution < 1.29 is 22.7 Å². The maximum atomic E-state index is 13.0. The van der Waals surface area contributed by atoms with E-state index in [0.717, 1.165) is 36.2 Å². The SMILES string of the molecule is CCCCN(C)Cc1cccc(-c2cc(C(=O)OCC)c3cnn(CC(F)(F)F)c3n2)c1. The number of benzene rings is 1. The Morgan fingerprint density at radius 1 is 1.22 bits per heavy atom. The number of alkyl halides is 3. The largest absolute Gasteiger partial charge is 0.462 e. The first kappa shape index (κ1) is 23.7. The minimum Gasteiger partial charge on any atom is -0.462 e. The minimum atomic E-state index is -4.47. The maximum absolute atomic E-state index is 13.0. The second kappa shape index (κ2) is 10.1. The van der Waals surface area contributed by atoms with Crippen molar-refractivity contribution in [3.05, 3.63) is 47.7 Å². The fourth-order valence-electron chi connectivity index (χ4n) is 3.51. The lowest BCUT2D eigenvalue weighted by molar-refractivity contribution is -0.141. The predicted molar refractivity (Wildman–Crippen MR) is 116 cm³/mol. The third-order valence-electron chi connectivity index (χ3n) is 5.00. The molecular formula is C23H27F3N4O2. The minimum absolute atomic E-state index is 0.00616. The first-order valence-corrected chi connectivity index (χ1v) is 10.6. The monoisotopic (exact) mass is 448 g/mol. The summed E-state index contributed by atoms with van der Waals surface area (Å²) in [6, 6.07) is 9.19. The Morgan fingerprint density at radius 2 is 2.00 bits per heavy atom. The lowest BCUT2D eigenvalue weighted by atomic mass is 10.0. The Labute approximate surface area is 185 Å². The molecule has 0 spiro atoms. The molecule has 1 aromatic carbocycles. The van der Waals surface area contributed by atoms with Crippen molar-refractivity contribution in [3.8, 4) is 11.3 Å². The summed E-state index contributed by atoms with van der Waals surface area (Å²) < 4.78 is 45.0. The molecule has 32 heavy (non-hydrogen) atoms. The van der Waals surface area contributed by atoms with Crippen LogP contribution in [0.25, 0.3) is 22.3 Å². The third-order valence-corrected chi connectivity index (χ3v) is 5.00. The van der Waals surface area contributed by atoms with Crippen molar-refractivity contribution in [1.29, 1.82) is 0 Å². The Kier molecular flexibility index (Phi) is 7.50. The fraction of sp³-hybridized carbons (Fsp3) is 0.435. The highest BCUT2D eigenvalue weighted by molar-refractivity contribution is 6.03. The van der Waals surface area contributed by atoms with E-state index in [1.807, 2.05) is 31.3 Å². The zero-order valence-corrected chi connectivity index (χ0v) is 18.4. The number of unbranched alkanes of at least 4 members (excludes halogenated alkanes) is 1. The molecule has 0 saturated heterocycles. The molecule has 2 aromatic heterocycles. The summed E-state index contributed by atoms with van der Waals surface area (Å²) in [5, 5.41) is 4.05. The number of hydrogen-bond donors (Lipinski definition) is 0. The number of aromatic nitrogens is 3. The van der Waals surface area contributed by atoms with Gasteiger partial charge in [-0.05, 0) is 44.6 Å². The molecule has 0 atom stereocenters. The molecule has 0 N–H and O–H groups in total. The van der Waals surface area contributed by atoms with Crippen LogP contribution in [0.3, 0.4) is 0 Å². The van der Waals surface area contributed by atoms with E-state index in [2.05, 4.69) is 21.9 Å². The van der Waals surface area contributed by atoms with Crippen molar-refractivity contribution in [2.75, 3.05) is 20.2 Å². The van der Waals surface area contributed by atoms with E-state index in [4.69, 9.17) is 4.74 Å². The third kappa shape index (κ3) is 5.85. The van der Waals surface area contributed by atoms with Crippen molar-refractivity contribution in [1.82, 2.24) is 19.7 Å². The van der Waals surface area contributed by atoms with Crippen molar-refractivity contribution in [2.24, 2.45) is 0 Å². The molecule has 0 fully saturated rings. The quantitative estimate of drug-likeness (QED) is 0.428. The second-order valence-electron chi connectivity index (χ2n) is 7.72. The van der Waals surface area contributed by atoms with E-state index in [0.29, 0.717) is 11.3 Å². The van der Waals surface area contributed by atoms with Crippen LogP contribution in [0.2, 0.25) is 0 Å². The van der Waals surface area contributed by atoms with E-state index in [1.165, 1.54) is 6.20 Å². The van der Waals surface area contributed by atoms with Gasteiger partial charge in [-0.1, -0.05) is 31.5 Å². The topological polar surface area (TPSA) is 60.3 Å². The summed E-state index contributed by atoms with van der Waals surface area (Å²) >= 11 is 0. The Balaban J connectivity index is 2.05. The highest BCUT2D eigenvalue weighted by Gasteiger charge is 2.30. The van der Waals surface area contributed by atoms with Gasteiger partial charge in [0.2, 0.25) is 0 Å². The van der Waals surface area contributed by atoms with Gasteiger partial charge in [0.05, 0.1) is 29.4 Å². The van der Waals surface area contributed by atoms with Gasteiger partial charge in [0.15, 0.2) is 5.65 Å². The molecule has 3 aromatic rings. The molecule has 0 radical (unpaired) electrons. The standard InChI is InChI=1S/C23H27F3N4O2/c1-4-6-10-29(3)14-16-8-7-9-17(11-16)20-12-18(22(31)32-5-2)19-13-27-30(21(19)28-20)15-23(24,25)26/h7-9,11-13H,4-6,10,14-15H2,1-3H3. The van der Waals surface area contributed by atoms with Gasteiger partial charge in [0, 0.05) is 12.1 Å². The predicted octanol–water partition coefficient (Wildman–Crippen LogP) is 5.07. The zero-order valence-electron chi connectivity index (χ0n) is 18.4. The van der Waals surface area contributed by atoms with Crippen molar-refractivity contribution in [2.45, 2.75) is 46.0 Å². The lowest BCUT2D eigenvalue weighted by Gasteiger charge is -2.16. The molecule has 172 valence electrons. The van der Waals surface area contributed by atoms with Crippen LogP contribution in [-0.4, -0.2) is 52.0 Å². The Morgan fingerprint density at radius 3 is 2.69 bits per heavy atom. The van der Waals surface area contributed by atoms with Crippen LogP contribution < -0.4 is 0 Å². The molecule has 0 saturated carbocycles. The normalized spacial score (nSPS) is 12.0.